The minimum Gasteiger partial charge on any atom is -0.355 e. The molecule has 0 bridgehead atoms. The van der Waals surface area contributed by atoms with Crippen LogP contribution in [0.25, 0.3) is 16.8 Å². The van der Waals surface area contributed by atoms with Crippen LogP contribution in [0.4, 0.5) is 10.1 Å². The number of amides is 1. The summed E-state index contributed by atoms with van der Waals surface area (Å²) >= 11 is 0. The van der Waals surface area contributed by atoms with Crippen LogP contribution >= 0.6 is 0 Å². The molecule has 9 heteroatoms. The smallest absolute Gasteiger partial charge is 0.255 e. The van der Waals surface area contributed by atoms with Gasteiger partial charge in [-0.15, -0.1) is 0 Å². The molecule has 1 aromatic carbocycles. The molecule has 0 atom stereocenters. The summed E-state index contributed by atoms with van der Waals surface area (Å²) in [6.45, 7) is 2.07. The molecule has 1 amide bonds. The number of pyridine rings is 1. The van der Waals surface area contributed by atoms with E-state index in [1.807, 2.05) is 6.07 Å². The average Bonchev–Trinajstić information content (AvgIpc) is 3.47. The molecule has 3 aromatic rings. The van der Waals surface area contributed by atoms with E-state index in [0.717, 1.165) is 18.4 Å². The van der Waals surface area contributed by atoms with Gasteiger partial charge in [0.05, 0.1) is 29.2 Å². The second-order valence-corrected chi connectivity index (χ2v) is 9.36. The van der Waals surface area contributed by atoms with Crippen molar-refractivity contribution in [2.24, 2.45) is 0 Å². The molecule has 7 nitrogen and oxygen atoms in total. The van der Waals surface area contributed by atoms with Crippen LogP contribution in [0.2, 0.25) is 0 Å². The van der Waals surface area contributed by atoms with Gasteiger partial charge in [0.15, 0.2) is 0 Å². The molecule has 30 heavy (non-hydrogen) atoms. The zero-order valence-electron chi connectivity index (χ0n) is 17.0. The number of nitrogens with one attached hydrogen (secondary N) is 1. The third kappa shape index (κ3) is 3.54. The monoisotopic (exact) mass is 430 g/mol. The van der Waals surface area contributed by atoms with Crippen molar-refractivity contribution in [2.45, 2.75) is 25.7 Å². The summed E-state index contributed by atoms with van der Waals surface area (Å²) in [4.78, 5) is 12.7. The van der Waals surface area contributed by atoms with Crippen molar-refractivity contribution in [2.75, 3.05) is 24.2 Å². The number of carbonyl (C=O) groups excluding carboxylic acids is 1. The maximum Gasteiger partial charge on any atom is 0.255 e. The van der Waals surface area contributed by atoms with Crippen molar-refractivity contribution >= 4 is 27.1 Å². The molecule has 0 saturated heterocycles. The normalized spacial score (nSPS) is 14.1. The molecule has 1 aliphatic rings. The fourth-order valence-corrected chi connectivity index (χ4v) is 4.75. The number of anilines is 1. The lowest BCUT2D eigenvalue weighted by Crippen LogP contribution is -2.30. The fourth-order valence-electron chi connectivity index (χ4n) is 3.77. The highest BCUT2D eigenvalue weighted by Gasteiger charge is 2.32. The van der Waals surface area contributed by atoms with Gasteiger partial charge < -0.3 is 5.32 Å². The third-order valence-corrected chi connectivity index (χ3v) is 6.58. The largest absolute Gasteiger partial charge is 0.355 e. The van der Waals surface area contributed by atoms with E-state index in [-0.39, 0.29) is 17.6 Å². The van der Waals surface area contributed by atoms with E-state index >= 15 is 0 Å². The summed E-state index contributed by atoms with van der Waals surface area (Å²) in [6.07, 6.45) is 4.80. The van der Waals surface area contributed by atoms with E-state index in [1.54, 1.807) is 32.3 Å². The van der Waals surface area contributed by atoms with Gasteiger partial charge in [0.1, 0.15) is 11.5 Å². The highest BCUT2D eigenvalue weighted by Crippen LogP contribution is 2.46. The number of carbonyl (C=O) groups is 1. The maximum atomic E-state index is 13.4. The molecule has 1 fully saturated rings. The summed E-state index contributed by atoms with van der Waals surface area (Å²) in [6, 6.07) is 7.64. The number of aromatic nitrogens is 2. The Bertz CT molecular complexity index is 1230. The fraction of sp³-hybridized carbons (Fsp3) is 0.333. The van der Waals surface area contributed by atoms with Gasteiger partial charge in [0.2, 0.25) is 10.0 Å². The number of hydrogen-bond acceptors (Lipinski definition) is 4. The predicted octanol–water partition coefficient (Wildman–Crippen LogP) is 3.16. The quantitative estimate of drug-likeness (QED) is 0.651. The lowest BCUT2D eigenvalue weighted by Gasteiger charge is -2.23. The standard InChI is InChI=1S/C21H23FN4O3S/c1-4-26(30(3,28)29)18-12-25-17(11-16(18)13-5-6-13)19(21(27)23-2)20(24-25)14-7-9-15(22)10-8-14/h7-13H,4-6H2,1-3H3,(H,23,27). The Morgan fingerprint density at radius 2 is 1.97 bits per heavy atom. The van der Waals surface area contributed by atoms with E-state index in [1.165, 1.54) is 27.2 Å². The van der Waals surface area contributed by atoms with Gasteiger partial charge >= 0.3 is 0 Å². The van der Waals surface area contributed by atoms with Gasteiger partial charge in [-0.2, -0.15) is 5.10 Å². The van der Waals surface area contributed by atoms with Crippen LogP contribution in [-0.4, -0.2) is 43.8 Å². The highest BCUT2D eigenvalue weighted by atomic mass is 32.2. The summed E-state index contributed by atoms with van der Waals surface area (Å²) < 4.78 is 41.0. The van der Waals surface area contributed by atoms with Crippen molar-refractivity contribution < 1.29 is 17.6 Å². The molecule has 0 unspecified atom stereocenters. The molecule has 0 aliphatic heterocycles. The number of halogens is 1. The molecule has 158 valence electrons. The Hall–Kier alpha value is -2.94. The van der Waals surface area contributed by atoms with Crippen LogP contribution in [0.15, 0.2) is 36.5 Å². The molecule has 2 aromatic heterocycles. The highest BCUT2D eigenvalue weighted by molar-refractivity contribution is 7.92. The van der Waals surface area contributed by atoms with Crippen LogP contribution < -0.4 is 9.62 Å². The van der Waals surface area contributed by atoms with Crippen LogP contribution in [-0.2, 0) is 10.0 Å². The number of fused-ring (bicyclic) bond motifs is 1. The van der Waals surface area contributed by atoms with E-state index in [4.69, 9.17) is 0 Å². The summed E-state index contributed by atoms with van der Waals surface area (Å²) in [7, 11) is -1.93. The van der Waals surface area contributed by atoms with Crippen molar-refractivity contribution in [3.63, 3.8) is 0 Å². The molecule has 0 spiro atoms. The number of benzene rings is 1. The van der Waals surface area contributed by atoms with Gasteiger partial charge in [-0.3, -0.25) is 9.10 Å². The summed E-state index contributed by atoms with van der Waals surface area (Å²) in [5.41, 5.74) is 3.44. The Morgan fingerprint density at radius 1 is 1.30 bits per heavy atom. The average molecular weight is 431 g/mol. The SMILES string of the molecule is CCN(c1cn2nc(-c3ccc(F)cc3)c(C(=O)NC)c2cc1C1CC1)S(C)(=O)=O. The minimum absolute atomic E-state index is 0.252. The van der Waals surface area contributed by atoms with E-state index in [2.05, 4.69) is 10.4 Å². The first kappa shape index (κ1) is 20.3. The molecule has 1 N–H and O–H groups in total. The van der Waals surface area contributed by atoms with Crippen LogP contribution in [0.1, 0.15) is 41.6 Å². The van der Waals surface area contributed by atoms with Gasteiger partial charge in [-0.1, -0.05) is 0 Å². The molecule has 0 radical (unpaired) electrons. The van der Waals surface area contributed by atoms with Gasteiger partial charge in [0, 0.05) is 19.2 Å². The first-order chi connectivity index (χ1) is 14.2. The summed E-state index contributed by atoms with van der Waals surface area (Å²) in [5.74, 6) is -0.439. The Balaban J connectivity index is 2.01. The lowest BCUT2D eigenvalue weighted by atomic mass is 10.0. The van der Waals surface area contributed by atoms with Crippen molar-refractivity contribution in [1.29, 1.82) is 0 Å². The van der Waals surface area contributed by atoms with Crippen LogP contribution in [0, 0.1) is 5.82 Å². The second-order valence-electron chi connectivity index (χ2n) is 7.46. The number of hydrogen-bond donors (Lipinski definition) is 1. The Kier molecular flexibility index (Phi) is 5.01. The molecule has 1 saturated carbocycles. The van der Waals surface area contributed by atoms with Crippen LogP contribution in [0.3, 0.4) is 0 Å². The van der Waals surface area contributed by atoms with E-state index in [9.17, 15) is 17.6 Å². The third-order valence-electron chi connectivity index (χ3n) is 5.33. The first-order valence-corrected chi connectivity index (χ1v) is 11.6. The van der Waals surface area contributed by atoms with Crippen molar-refractivity contribution in [3.05, 3.63) is 53.5 Å². The minimum atomic E-state index is -3.47. The van der Waals surface area contributed by atoms with Gasteiger partial charge in [-0.05, 0) is 61.6 Å². The van der Waals surface area contributed by atoms with E-state index in [0.29, 0.717) is 34.6 Å². The molecule has 4 rings (SSSR count). The Morgan fingerprint density at radius 3 is 2.50 bits per heavy atom. The maximum absolute atomic E-state index is 13.4. The van der Waals surface area contributed by atoms with Crippen molar-refractivity contribution in [3.8, 4) is 11.3 Å². The molecule has 1 aliphatic carbocycles. The van der Waals surface area contributed by atoms with Crippen molar-refractivity contribution in [1.82, 2.24) is 14.9 Å². The first-order valence-electron chi connectivity index (χ1n) is 9.76. The zero-order chi connectivity index (χ0) is 21.6. The number of sulfonamides is 1. The molecule has 2 heterocycles. The molecular weight excluding hydrogens is 407 g/mol. The summed E-state index contributed by atoms with van der Waals surface area (Å²) in [5, 5.41) is 7.22. The topological polar surface area (TPSA) is 83.8 Å². The number of rotatable bonds is 6. The predicted molar refractivity (Wildman–Crippen MR) is 114 cm³/mol. The van der Waals surface area contributed by atoms with Crippen LogP contribution in [0.5, 0.6) is 0 Å². The van der Waals surface area contributed by atoms with Gasteiger partial charge in [0.25, 0.3) is 5.91 Å². The van der Waals surface area contributed by atoms with E-state index < -0.39 is 10.0 Å². The number of nitrogens with zero attached hydrogens (tertiary/aromatic N) is 3. The molecular formula is C21H23FN4O3S. The van der Waals surface area contributed by atoms with Gasteiger partial charge in [-0.25, -0.2) is 17.3 Å². The second kappa shape index (κ2) is 7.39. The Labute approximate surface area is 174 Å². The lowest BCUT2D eigenvalue weighted by molar-refractivity contribution is 0.0965. The zero-order valence-corrected chi connectivity index (χ0v) is 17.8.